The second kappa shape index (κ2) is 9.95. The second-order valence-electron chi connectivity index (χ2n) is 7.54. The van der Waals surface area contributed by atoms with Gasteiger partial charge < -0.3 is 18.9 Å². The summed E-state index contributed by atoms with van der Waals surface area (Å²) in [5.74, 6) is 2.97. The van der Waals surface area contributed by atoms with Crippen molar-refractivity contribution in [1.29, 1.82) is 0 Å². The minimum atomic E-state index is 0.267. The Labute approximate surface area is 197 Å². The topological polar surface area (TPSA) is 78.5 Å². The van der Waals surface area contributed by atoms with Gasteiger partial charge in [-0.1, -0.05) is 18.2 Å². The van der Waals surface area contributed by atoms with E-state index >= 15 is 0 Å². The number of H-pyrrole nitrogens is 1. The summed E-state index contributed by atoms with van der Waals surface area (Å²) in [4.78, 5) is 4.27. The van der Waals surface area contributed by atoms with Crippen LogP contribution in [0.1, 0.15) is 28.2 Å². The Bertz CT molecular complexity index is 1330. The number of hydrogen-bond donors (Lipinski definition) is 1. The molecule has 1 aliphatic rings. The fraction of sp³-hybridized carbons (Fsp3) is 0.111. The van der Waals surface area contributed by atoms with Crippen LogP contribution in [0.5, 0.6) is 23.0 Å². The number of aromatic nitrogens is 3. The van der Waals surface area contributed by atoms with Crippen LogP contribution in [-0.4, -0.2) is 29.1 Å². The molecule has 2 aromatic heterocycles. The maximum atomic E-state index is 5.84. The van der Waals surface area contributed by atoms with Crippen molar-refractivity contribution in [2.45, 2.75) is 6.61 Å². The summed E-state index contributed by atoms with van der Waals surface area (Å²) in [5, 5.41) is 7.39. The van der Waals surface area contributed by atoms with Gasteiger partial charge in [0.1, 0.15) is 18.1 Å². The molecule has 7 heteroatoms. The van der Waals surface area contributed by atoms with Crippen LogP contribution < -0.4 is 18.9 Å². The van der Waals surface area contributed by atoms with E-state index < -0.39 is 0 Å². The Morgan fingerprint density at radius 2 is 1.88 bits per heavy atom. The highest BCUT2D eigenvalue weighted by atomic mass is 16.7. The van der Waals surface area contributed by atoms with Crippen LogP contribution in [0, 0.1) is 0 Å². The van der Waals surface area contributed by atoms with Gasteiger partial charge in [0.2, 0.25) is 6.79 Å². The molecule has 0 aliphatic carbocycles. The predicted octanol–water partition coefficient (Wildman–Crippen LogP) is 5.46. The van der Waals surface area contributed by atoms with Crippen LogP contribution in [0.3, 0.4) is 0 Å². The third-order valence-corrected chi connectivity index (χ3v) is 5.22. The van der Waals surface area contributed by atoms with E-state index in [9.17, 15) is 0 Å². The number of benzene rings is 2. The Morgan fingerprint density at radius 3 is 2.76 bits per heavy atom. The molecule has 0 spiro atoms. The molecular weight excluding hydrogens is 430 g/mol. The number of nitrogens with zero attached hydrogens (tertiary/aromatic N) is 2. The molecule has 34 heavy (non-hydrogen) atoms. The molecule has 0 amide bonds. The van der Waals surface area contributed by atoms with E-state index in [1.807, 2.05) is 85.0 Å². The van der Waals surface area contributed by atoms with Crippen LogP contribution >= 0.6 is 0 Å². The summed E-state index contributed by atoms with van der Waals surface area (Å²) in [7, 11) is 1.64. The van der Waals surface area contributed by atoms with E-state index in [0.717, 1.165) is 51.2 Å². The Morgan fingerprint density at radius 1 is 0.941 bits per heavy atom. The van der Waals surface area contributed by atoms with Crippen molar-refractivity contribution < 1.29 is 18.9 Å². The lowest BCUT2D eigenvalue weighted by atomic mass is 10.1. The highest BCUT2D eigenvalue weighted by molar-refractivity contribution is 5.74. The molecule has 5 rings (SSSR count). The quantitative estimate of drug-likeness (QED) is 0.382. The lowest BCUT2D eigenvalue weighted by Crippen LogP contribution is -1.98. The van der Waals surface area contributed by atoms with E-state index in [1.54, 1.807) is 13.3 Å². The molecule has 0 unspecified atom stereocenters. The van der Waals surface area contributed by atoms with E-state index in [-0.39, 0.29) is 6.79 Å². The van der Waals surface area contributed by atoms with Gasteiger partial charge in [-0.25, -0.2) is 0 Å². The third-order valence-electron chi connectivity index (χ3n) is 5.22. The second-order valence-corrected chi connectivity index (χ2v) is 7.54. The van der Waals surface area contributed by atoms with E-state index in [1.165, 1.54) is 0 Å². The Balaban J connectivity index is 1.23. The minimum Gasteiger partial charge on any atom is -0.496 e. The van der Waals surface area contributed by atoms with Gasteiger partial charge in [0, 0.05) is 17.8 Å². The van der Waals surface area contributed by atoms with Gasteiger partial charge in [-0.3, -0.25) is 10.1 Å². The first-order valence-electron chi connectivity index (χ1n) is 10.8. The Hall–Kier alpha value is -4.52. The zero-order valence-electron chi connectivity index (χ0n) is 18.6. The average molecular weight is 453 g/mol. The number of rotatable bonds is 8. The summed E-state index contributed by atoms with van der Waals surface area (Å²) in [6, 6.07) is 19.3. The van der Waals surface area contributed by atoms with Crippen molar-refractivity contribution in [1.82, 2.24) is 15.2 Å². The molecule has 1 N–H and O–H groups in total. The van der Waals surface area contributed by atoms with Gasteiger partial charge in [-0.15, -0.1) is 0 Å². The number of fused-ring (bicyclic) bond motifs is 1. The zero-order chi connectivity index (χ0) is 23.2. The fourth-order valence-electron chi connectivity index (χ4n) is 3.46. The maximum Gasteiger partial charge on any atom is 0.231 e. The van der Waals surface area contributed by atoms with Gasteiger partial charge in [0.25, 0.3) is 0 Å². The molecule has 3 heterocycles. The third kappa shape index (κ3) is 5.10. The molecule has 0 atom stereocenters. The highest BCUT2D eigenvalue weighted by Gasteiger charge is 2.12. The molecule has 2 aromatic carbocycles. The number of pyridine rings is 1. The lowest BCUT2D eigenvalue weighted by Gasteiger charge is -2.09. The van der Waals surface area contributed by atoms with E-state index in [4.69, 9.17) is 18.9 Å². The summed E-state index contributed by atoms with van der Waals surface area (Å²) in [5.41, 5.74) is 4.51. The largest absolute Gasteiger partial charge is 0.496 e. The van der Waals surface area contributed by atoms with Crippen molar-refractivity contribution >= 4 is 24.3 Å². The molecule has 0 fully saturated rings. The molecule has 1 aliphatic heterocycles. The van der Waals surface area contributed by atoms with Crippen LogP contribution in [0.15, 0.2) is 66.9 Å². The predicted molar refractivity (Wildman–Crippen MR) is 131 cm³/mol. The molecule has 7 nitrogen and oxygen atoms in total. The van der Waals surface area contributed by atoms with Crippen molar-refractivity contribution in [2.75, 3.05) is 13.9 Å². The Kier molecular flexibility index (Phi) is 6.25. The first-order chi connectivity index (χ1) is 16.8. The molecule has 0 bridgehead atoms. The van der Waals surface area contributed by atoms with Crippen molar-refractivity contribution in [2.24, 2.45) is 0 Å². The first kappa shape index (κ1) is 21.3. The van der Waals surface area contributed by atoms with E-state index in [0.29, 0.717) is 6.61 Å². The highest BCUT2D eigenvalue weighted by Crippen LogP contribution is 2.33. The first-order valence-corrected chi connectivity index (χ1v) is 10.8. The molecule has 0 radical (unpaired) electrons. The standard InChI is InChI=1S/C27H23N3O4/c1-31-26-16-24(32-17-23-4-2-3-13-28-23)11-8-20(26)7-10-22-15-21(29-30-22)9-5-19-6-12-25-27(14-19)34-18-33-25/h2-16H,17-18H2,1H3,(H,29,30). The van der Waals surface area contributed by atoms with Gasteiger partial charge in [-0.05, 0) is 66.3 Å². The van der Waals surface area contributed by atoms with Crippen LogP contribution in [0.2, 0.25) is 0 Å². The molecular formula is C27H23N3O4. The summed E-state index contributed by atoms with van der Waals surface area (Å²) >= 11 is 0. The number of aromatic amines is 1. The van der Waals surface area contributed by atoms with Gasteiger partial charge in [0.05, 0.1) is 24.2 Å². The zero-order valence-corrected chi connectivity index (χ0v) is 18.6. The number of hydrogen-bond acceptors (Lipinski definition) is 6. The molecule has 4 aromatic rings. The average Bonchev–Trinajstić information content (AvgIpc) is 3.55. The molecule has 0 saturated heterocycles. The van der Waals surface area contributed by atoms with Gasteiger partial charge in [0.15, 0.2) is 11.5 Å². The SMILES string of the molecule is COc1cc(OCc2ccccn2)ccc1C=Cc1cc(C=Cc2ccc3c(c2)OCO3)n[nH]1. The van der Waals surface area contributed by atoms with Crippen LogP contribution in [0.4, 0.5) is 0 Å². The fourth-order valence-corrected chi connectivity index (χ4v) is 3.46. The monoisotopic (exact) mass is 453 g/mol. The van der Waals surface area contributed by atoms with Crippen LogP contribution in [0.25, 0.3) is 24.3 Å². The molecule has 0 saturated carbocycles. The minimum absolute atomic E-state index is 0.267. The summed E-state index contributed by atoms with van der Waals surface area (Å²) in [6.45, 7) is 0.666. The van der Waals surface area contributed by atoms with Crippen molar-refractivity contribution in [3.8, 4) is 23.0 Å². The van der Waals surface area contributed by atoms with Crippen molar-refractivity contribution in [3.05, 3.63) is 95.1 Å². The number of ether oxygens (including phenoxy) is 4. The number of nitrogens with one attached hydrogen (secondary N) is 1. The number of methoxy groups -OCH3 is 1. The normalized spacial score (nSPS) is 12.5. The molecule has 170 valence electrons. The summed E-state index contributed by atoms with van der Waals surface area (Å²) in [6.07, 6.45) is 9.61. The van der Waals surface area contributed by atoms with Crippen molar-refractivity contribution in [3.63, 3.8) is 0 Å². The van der Waals surface area contributed by atoms with Gasteiger partial charge >= 0.3 is 0 Å². The smallest absolute Gasteiger partial charge is 0.231 e. The van der Waals surface area contributed by atoms with Gasteiger partial charge in [-0.2, -0.15) is 5.10 Å². The summed E-state index contributed by atoms with van der Waals surface area (Å²) < 4.78 is 22.2. The lowest BCUT2D eigenvalue weighted by molar-refractivity contribution is 0.174. The van der Waals surface area contributed by atoms with Crippen LogP contribution in [-0.2, 0) is 6.61 Å². The van der Waals surface area contributed by atoms with E-state index in [2.05, 4.69) is 15.2 Å². The maximum absolute atomic E-state index is 5.84.